The lowest BCUT2D eigenvalue weighted by Crippen LogP contribution is -2.16. The minimum absolute atomic E-state index is 0.250. The lowest BCUT2D eigenvalue weighted by molar-refractivity contribution is -0.122. The first-order valence-corrected chi connectivity index (χ1v) is 9.72. The summed E-state index contributed by atoms with van der Waals surface area (Å²) < 4.78 is 0. The molecule has 2 rings (SSSR count). The van der Waals surface area contributed by atoms with Gasteiger partial charge in [-0.1, -0.05) is 68.8 Å². The summed E-state index contributed by atoms with van der Waals surface area (Å²) in [4.78, 5) is 9.80. The summed E-state index contributed by atoms with van der Waals surface area (Å²) in [5.41, 5.74) is 2.91. The number of hydrogen-bond donors (Lipinski definition) is 2. The van der Waals surface area contributed by atoms with Crippen molar-refractivity contribution in [1.82, 2.24) is 5.32 Å². The Hall–Kier alpha value is -1.78. The highest BCUT2D eigenvalue weighted by Gasteiger charge is 2.14. The van der Waals surface area contributed by atoms with Gasteiger partial charge in [-0.15, -0.1) is 11.8 Å². The quantitative estimate of drug-likeness (QED) is 0.368. The first-order chi connectivity index (χ1) is 12.3. The summed E-state index contributed by atoms with van der Waals surface area (Å²) in [5.74, 6) is 0. The number of rotatable bonds is 9. The zero-order chi connectivity index (χ0) is 18.3. The maximum atomic E-state index is 8.36. The Labute approximate surface area is 155 Å². The van der Waals surface area contributed by atoms with Crippen LogP contribution in [0.15, 0.2) is 59.5 Å². The Kier molecular flexibility index (Phi) is 11.5. The van der Waals surface area contributed by atoms with Crippen molar-refractivity contribution in [2.24, 2.45) is 0 Å². The molecule has 2 aromatic carbocycles. The van der Waals surface area contributed by atoms with E-state index in [1.807, 2.05) is 11.8 Å². The standard InChI is InChI=1S/C20H27NS.CH2O2/c1-3-10-17-13-8-9-14-19(17)22-20(15-16-21-4-2)18-11-6-5-7-12-18;2-1-3/h5-9,11-14,20-21H,3-4,10,15-16H2,1-2H3;1H,(H,2,3). The molecular weight excluding hydrogens is 330 g/mol. The fourth-order valence-corrected chi connectivity index (χ4v) is 3.93. The van der Waals surface area contributed by atoms with Gasteiger partial charge in [0, 0.05) is 10.1 Å². The van der Waals surface area contributed by atoms with Crippen molar-refractivity contribution in [1.29, 1.82) is 0 Å². The van der Waals surface area contributed by atoms with Crippen LogP contribution in [0.25, 0.3) is 0 Å². The van der Waals surface area contributed by atoms with Gasteiger partial charge in [-0.05, 0) is 43.1 Å². The molecule has 0 aliphatic heterocycles. The predicted molar refractivity (Wildman–Crippen MR) is 107 cm³/mol. The minimum atomic E-state index is -0.250. The molecule has 0 aliphatic carbocycles. The zero-order valence-corrected chi connectivity index (χ0v) is 16.0. The third-order valence-electron chi connectivity index (χ3n) is 3.77. The highest BCUT2D eigenvalue weighted by molar-refractivity contribution is 7.99. The SMILES string of the molecule is CCCc1ccccc1SC(CCNCC)c1ccccc1.O=CO. The molecule has 0 spiro atoms. The van der Waals surface area contributed by atoms with E-state index in [9.17, 15) is 0 Å². The Morgan fingerprint density at radius 3 is 2.36 bits per heavy atom. The molecule has 136 valence electrons. The van der Waals surface area contributed by atoms with Gasteiger partial charge >= 0.3 is 0 Å². The van der Waals surface area contributed by atoms with Gasteiger partial charge in [0.2, 0.25) is 0 Å². The number of carboxylic acid groups (broad SMARTS) is 1. The number of carbonyl (C=O) groups is 1. The van der Waals surface area contributed by atoms with Gasteiger partial charge in [0.05, 0.1) is 0 Å². The van der Waals surface area contributed by atoms with Crippen LogP contribution in [-0.4, -0.2) is 24.7 Å². The molecule has 0 bridgehead atoms. The Morgan fingerprint density at radius 1 is 1.08 bits per heavy atom. The van der Waals surface area contributed by atoms with Gasteiger partial charge in [-0.25, -0.2) is 0 Å². The topological polar surface area (TPSA) is 49.3 Å². The molecule has 2 N–H and O–H groups in total. The van der Waals surface area contributed by atoms with Gasteiger partial charge in [0.15, 0.2) is 0 Å². The number of aryl methyl sites for hydroxylation is 1. The van der Waals surface area contributed by atoms with Crippen LogP contribution in [0.2, 0.25) is 0 Å². The highest BCUT2D eigenvalue weighted by Crippen LogP contribution is 2.39. The van der Waals surface area contributed by atoms with E-state index in [0.717, 1.165) is 25.9 Å². The van der Waals surface area contributed by atoms with Crippen molar-refractivity contribution in [2.45, 2.75) is 43.3 Å². The third-order valence-corrected chi connectivity index (χ3v) is 5.21. The Bertz CT molecular complexity index is 589. The maximum Gasteiger partial charge on any atom is 0.290 e. The lowest BCUT2D eigenvalue weighted by Gasteiger charge is -2.19. The van der Waals surface area contributed by atoms with Crippen LogP contribution in [0, 0.1) is 0 Å². The number of benzene rings is 2. The fraction of sp³-hybridized carbons (Fsp3) is 0.381. The normalized spacial score (nSPS) is 11.3. The Balaban J connectivity index is 0.000000970. The van der Waals surface area contributed by atoms with Crippen LogP contribution >= 0.6 is 11.8 Å². The smallest absolute Gasteiger partial charge is 0.290 e. The van der Waals surface area contributed by atoms with Gasteiger partial charge < -0.3 is 10.4 Å². The molecule has 0 saturated carbocycles. The van der Waals surface area contributed by atoms with E-state index in [4.69, 9.17) is 9.90 Å². The van der Waals surface area contributed by atoms with E-state index in [0.29, 0.717) is 5.25 Å². The van der Waals surface area contributed by atoms with Crippen molar-refractivity contribution >= 4 is 18.2 Å². The van der Waals surface area contributed by atoms with Gasteiger partial charge in [0.25, 0.3) is 6.47 Å². The van der Waals surface area contributed by atoms with E-state index in [1.165, 1.54) is 22.4 Å². The summed E-state index contributed by atoms with van der Waals surface area (Å²) in [5, 5.41) is 10.9. The first-order valence-electron chi connectivity index (χ1n) is 8.84. The molecule has 1 atom stereocenters. The molecule has 0 saturated heterocycles. The fourth-order valence-electron chi connectivity index (χ4n) is 2.62. The van der Waals surface area contributed by atoms with E-state index in [2.05, 4.69) is 73.8 Å². The van der Waals surface area contributed by atoms with Crippen molar-refractivity contribution < 1.29 is 9.90 Å². The molecule has 0 amide bonds. The van der Waals surface area contributed by atoms with E-state index >= 15 is 0 Å². The summed E-state index contributed by atoms with van der Waals surface area (Å²) in [6.07, 6.45) is 3.52. The second-order valence-corrected chi connectivity index (χ2v) is 6.87. The van der Waals surface area contributed by atoms with Crippen LogP contribution in [0.1, 0.15) is 43.1 Å². The molecule has 1 unspecified atom stereocenters. The molecule has 0 aromatic heterocycles. The van der Waals surface area contributed by atoms with Crippen LogP contribution in [0.3, 0.4) is 0 Å². The molecule has 0 fully saturated rings. The van der Waals surface area contributed by atoms with Crippen LogP contribution in [-0.2, 0) is 11.2 Å². The molecule has 4 heteroatoms. The van der Waals surface area contributed by atoms with Gasteiger partial charge in [0.1, 0.15) is 0 Å². The van der Waals surface area contributed by atoms with Crippen molar-refractivity contribution in [2.75, 3.05) is 13.1 Å². The number of hydrogen-bond acceptors (Lipinski definition) is 3. The predicted octanol–water partition coefficient (Wildman–Crippen LogP) is 5.17. The van der Waals surface area contributed by atoms with Crippen molar-refractivity contribution in [3.05, 3.63) is 65.7 Å². The lowest BCUT2D eigenvalue weighted by atomic mass is 10.1. The van der Waals surface area contributed by atoms with Crippen LogP contribution in [0.5, 0.6) is 0 Å². The first kappa shape index (κ1) is 21.3. The Morgan fingerprint density at radius 2 is 1.72 bits per heavy atom. The van der Waals surface area contributed by atoms with Crippen LogP contribution < -0.4 is 5.32 Å². The molecule has 25 heavy (non-hydrogen) atoms. The van der Waals surface area contributed by atoms with Gasteiger partial charge in [-0.2, -0.15) is 0 Å². The molecule has 0 heterocycles. The van der Waals surface area contributed by atoms with E-state index in [1.54, 1.807) is 0 Å². The summed E-state index contributed by atoms with van der Waals surface area (Å²) in [6.45, 7) is 6.28. The second-order valence-electron chi connectivity index (χ2n) is 5.62. The average molecular weight is 360 g/mol. The molecule has 3 nitrogen and oxygen atoms in total. The molecule has 0 aliphatic rings. The van der Waals surface area contributed by atoms with E-state index in [-0.39, 0.29) is 6.47 Å². The second kappa shape index (κ2) is 13.5. The minimum Gasteiger partial charge on any atom is -0.483 e. The molecule has 2 aromatic rings. The largest absolute Gasteiger partial charge is 0.483 e. The molecule has 0 radical (unpaired) electrons. The highest BCUT2D eigenvalue weighted by atomic mass is 32.2. The van der Waals surface area contributed by atoms with Crippen molar-refractivity contribution in [3.63, 3.8) is 0 Å². The summed E-state index contributed by atoms with van der Waals surface area (Å²) in [7, 11) is 0. The van der Waals surface area contributed by atoms with Crippen LogP contribution in [0.4, 0.5) is 0 Å². The summed E-state index contributed by atoms with van der Waals surface area (Å²) >= 11 is 2.02. The van der Waals surface area contributed by atoms with Gasteiger partial charge in [-0.3, -0.25) is 4.79 Å². The maximum absolute atomic E-state index is 8.36. The molecular formula is C21H29NO2S. The average Bonchev–Trinajstić information content (AvgIpc) is 2.64. The van der Waals surface area contributed by atoms with Crippen molar-refractivity contribution in [3.8, 4) is 0 Å². The number of thioether (sulfide) groups is 1. The zero-order valence-electron chi connectivity index (χ0n) is 15.2. The van der Waals surface area contributed by atoms with E-state index < -0.39 is 0 Å². The monoisotopic (exact) mass is 359 g/mol. The third kappa shape index (κ3) is 8.23. The summed E-state index contributed by atoms with van der Waals surface area (Å²) in [6, 6.07) is 19.8. The number of nitrogens with one attached hydrogen (secondary N) is 1.